The Bertz CT molecular complexity index is 523. The molecule has 0 radical (unpaired) electrons. The van der Waals surface area contributed by atoms with Crippen LogP contribution in [0.3, 0.4) is 0 Å². The van der Waals surface area contributed by atoms with E-state index in [1.165, 1.54) is 5.56 Å². The molecule has 0 saturated carbocycles. The van der Waals surface area contributed by atoms with Crippen LogP contribution in [0.5, 0.6) is 11.5 Å². The molecule has 2 aromatic rings. The van der Waals surface area contributed by atoms with E-state index in [0.717, 1.165) is 17.9 Å². The van der Waals surface area contributed by atoms with Crippen molar-refractivity contribution in [1.29, 1.82) is 0 Å². The minimum absolute atomic E-state index is 0.279. The van der Waals surface area contributed by atoms with Gasteiger partial charge in [-0.05, 0) is 43.2 Å². The lowest BCUT2D eigenvalue weighted by Crippen LogP contribution is -2.18. The summed E-state index contributed by atoms with van der Waals surface area (Å²) in [5.74, 6) is 1.15. The van der Waals surface area contributed by atoms with E-state index in [0.29, 0.717) is 5.75 Å². The average Bonchev–Trinajstić information content (AvgIpc) is 2.42. The zero-order valence-corrected chi connectivity index (χ0v) is 11.3. The van der Waals surface area contributed by atoms with E-state index in [1.807, 2.05) is 36.4 Å². The molecule has 0 fully saturated rings. The maximum atomic E-state index is 9.26. The van der Waals surface area contributed by atoms with Crippen LogP contribution in [0, 0.1) is 0 Å². The van der Waals surface area contributed by atoms with Gasteiger partial charge in [-0.1, -0.05) is 24.3 Å². The van der Waals surface area contributed by atoms with Crippen molar-refractivity contribution in [3.63, 3.8) is 0 Å². The van der Waals surface area contributed by atoms with Gasteiger partial charge in [0, 0.05) is 6.04 Å². The molecule has 0 heterocycles. The third kappa shape index (κ3) is 3.65. The fourth-order valence-corrected chi connectivity index (χ4v) is 2.07. The molecular formula is C16H19NO2. The highest BCUT2D eigenvalue weighted by molar-refractivity contribution is 5.56. The molecule has 3 heteroatoms. The average molecular weight is 257 g/mol. The maximum absolute atomic E-state index is 9.26. The molecule has 2 N–H and O–H groups in total. The van der Waals surface area contributed by atoms with Crippen molar-refractivity contribution in [2.24, 2.45) is 0 Å². The molecule has 1 atom stereocenters. The molecule has 3 nitrogen and oxygen atoms in total. The first-order chi connectivity index (χ1) is 9.19. The van der Waals surface area contributed by atoms with Crippen LogP contribution in [0.1, 0.15) is 12.5 Å². The SMILES string of the molecule is COc1ccccc1NC(C)Cc1ccc(O)cc1. The highest BCUT2D eigenvalue weighted by Gasteiger charge is 2.07. The Kier molecular flexibility index (Phi) is 4.29. The Morgan fingerprint density at radius 1 is 1.11 bits per heavy atom. The number of hydrogen-bond donors (Lipinski definition) is 2. The predicted octanol–water partition coefficient (Wildman–Crippen LogP) is 3.44. The fraction of sp³-hybridized carbons (Fsp3) is 0.250. The van der Waals surface area contributed by atoms with Crippen LogP contribution >= 0.6 is 0 Å². The summed E-state index contributed by atoms with van der Waals surface area (Å²) in [6.07, 6.45) is 0.887. The first-order valence-corrected chi connectivity index (χ1v) is 6.36. The van der Waals surface area contributed by atoms with Gasteiger partial charge in [-0.25, -0.2) is 0 Å². The lowest BCUT2D eigenvalue weighted by atomic mass is 10.1. The van der Waals surface area contributed by atoms with Crippen LogP contribution in [0.25, 0.3) is 0 Å². The Morgan fingerprint density at radius 2 is 1.79 bits per heavy atom. The second-order valence-corrected chi connectivity index (χ2v) is 4.62. The van der Waals surface area contributed by atoms with E-state index in [4.69, 9.17) is 4.74 Å². The van der Waals surface area contributed by atoms with Gasteiger partial charge in [0.1, 0.15) is 11.5 Å². The summed E-state index contributed by atoms with van der Waals surface area (Å²) in [4.78, 5) is 0. The highest BCUT2D eigenvalue weighted by atomic mass is 16.5. The summed E-state index contributed by atoms with van der Waals surface area (Å²) in [5.41, 5.74) is 2.18. The Balaban J connectivity index is 2.01. The van der Waals surface area contributed by atoms with E-state index in [1.54, 1.807) is 19.2 Å². The van der Waals surface area contributed by atoms with E-state index < -0.39 is 0 Å². The monoisotopic (exact) mass is 257 g/mol. The van der Waals surface area contributed by atoms with Crippen molar-refractivity contribution in [1.82, 2.24) is 0 Å². The van der Waals surface area contributed by atoms with Crippen molar-refractivity contribution in [2.75, 3.05) is 12.4 Å². The predicted molar refractivity (Wildman–Crippen MR) is 77.9 cm³/mol. The van der Waals surface area contributed by atoms with Crippen molar-refractivity contribution in [3.8, 4) is 11.5 Å². The summed E-state index contributed by atoms with van der Waals surface area (Å²) in [7, 11) is 1.67. The second-order valence-electron chi connectivity index (χ2n) is 4.62. The summed E-state index contributed by atoms with van der Waals surface area (Å²) < 4.78 is 5.32. The minimum atomic E-state index is 0.279. The number of anilines is 1. The largest absolute Gasteiger partial charge is 0.508 e. The van der Waals surface area contributed by atoms with Gasteiger partial charge in [0.15, 0.2) is 0 Å². The molecule has 0 spiro atoms. The molecule has 2 rings (SSSR count). The Hall–Kier alpha value is -2.16. The molecule has 0 aliphatic heterocycles. The van der Waals surface area contributed by atoms with Gasteiger partial charge in [0.05, 0.1) is 12.8 Å². The van der Waals surface area contributed by atoms with Crippen molar-refractivity contribution in [3.05, 3.63) is 54.1 Å². The van der Waals surface area contributed by atoms with Gasteiger partial charge in [-0.2, -0.15) is 0 Å². The number of nitrogens with one attached hydrogen (secondary N) is 1. The quantitative estimate of drug-likeness (QED) is 0.862. The summed E-state index contributed by atoms with van der Waals surface area (Å²) in [6, 6.07) is 15.5. The van der Waals surface area contributed by atoms with Crippen LogP contribution in [-0.4, -0.2) is 18.3 Å². The van der Waals surface area contributed by atoms with Gasteiger partial charge in [0.2, 0.25) is 0 Å². The molecular weight excluding hydrogens is 238 g/mol. The van der Waals surface area contributed by atoms with E-state index >= 15 is 0 Å². The molecule has 19 heavy (non-hydrogen) atoms. The number of aromatic hydroxyl groups is 1. The molecule has 2 aromatic carbocycles. The minimum Gasteiger partial charge on any atom is -0.508 e. The molecule has 0 aliphatic rings. The topological polar surface area (TPSA) is 41.5 Å². The normalized spacial score (nSPS) is 11.9. The van der Waals surface area contributed by atoms with Crippen molar-refractivity contribution >= 4 is 5.69 Å². The number of para-hydroxylation sites is 2. The van der Waals surface area contributed by atoms with Gasteiger partial charge >= 0.3 is 0 Å². The Labute approximate surface area is 113 Å². The van der Waals surface area contributed by atoms with Gasteiger partial charge in [-0.3, -0.25) is 0 Å². The number of ether oxygens (including phenoxy) is 1. The molecule has 100 valence electrons. The fourth-order valence-electron chi connectivity index (χ4n) is 2.07. The number of phenols is 1. The number of hydrogen-bond acceptors (Lipinski definition) is 3. The zero-order chi connectivity index (χ0) is 13.7. The maximum Gasteiger partial charge on any atom is 0.141 e. The zero-order valence-electron chi connectivity index (χ0n) is 11.3. The highest BCUT2D eigenvalue weighted by Crippen LogP contribution is 2.24. The van der Waals surface area contributed by atoms with Crippen LogP contribution in [0.15, 0.2) is 48.5 Å². The lowest BCUT2D eigenvalue weighted by Gasteiger charge is -2.17. The third-order valence-electron chi connectivity index (χ3n) is 2.99. The van der Waals surface area contributed by atoms with Crippen LogP contribution in [-0.2, 0) is 6.42 Å². The van der Waals surface area contributed by atoms with Gasteiger partial charge < -0.3 is 15.2 Å². The molecule has 1 unspecified atom stereocenters. The van der Waals surface area contributed by atoms with E-state index in [2.05, 4.69) is 12.2 Å². The van der Waals surface area contributed by atoms with Crippen LogP contribution in [0.4, 0.5) is 5.69 Å². The molecule has 0 aliphatic carbocycles. The number of rotatable bonds is 5. The lowest BCUT2D eigenvalue weighted by molar-refractivity contribution is 0.416. The smallest absolute Gasteiger partial charge is 0.141 e. The summed E-state index contributed by atoms with van der Waals surface area (Å²) in [6.45, 7) is 2.12. The number of phenolic OH excluding ortho intramolecular Hbond substituents is 1. The molecule has 0 saturated heterocycles. The van der Waals surface area contributed by atoms with E-state index in [-0.39, 0.29) is 6.04 Å². The summed E-state index contributed by atoms with van der Waals surface area (Å²) in [5, 5.41) is 12.7. The van der Waals surface area contributed by atoms with Gasteiger partial charge in [-0.15, -0.1) is 0 Å². The van der Waals surface area contributed by atoms with Crippen molar-refractivity contribution in [2.45, 2.75) is 19.4 Å². The number of benzene rings is 2. The van der Waals surface area contributed by atoms with Crippen LogP contribution in [0.2, 0.25) is 0 Å². The van der Waals surface area contributed by atoms with Gasteiger partial charge in [0.25, 0.3) is 0 Å². The van der Waals surface area contributed by atoms with E-state index in [9.17, 15) is 5.11 Å². The molecule has 0 bridgehead atoms. The van der Waals surface area contributed by atoms with Crippen molar-refractivity contribution < 1.29 is 9.84 Å². The third-order valence-corrected chi connectivity index (χ3v) is 2.99. The number of methoxy groups -OCH3 is 1. The molecule has 0 aromatic heterocycles. The standard InChI is InChI=1S/C16H19NO2/c1-12(11-13-7-9-14(18)10-8-13)17-15-5-3-4-6-16(15)19-2/h3-10,12,17-18H,11H2,1-2H3. The van der Waals surface area contributed by atoms with Crippen LogP contribution < -0.4 is 10.1 Å². The summed E-state index contributed by atoms with van der Waals surface area (Å²) >= 11 is 0. The second kappa shape index (κ2) is 6.14. The Morgan fingerprint density at radius 3 is 2.47 bits per heavy atom. The molecule has 0 amide bonds. The first-order valence-electron chi connectivity index (χ1n) is 6.36. The first kappa shape index (κ1) is 13.3.